The Labute approximate surface area is 233 Å². The standard InChI is InChI=1S/C27H34N6O6S/c1-18-13-33(19(2)16-34)26(35)22-12-21(30-27(36)29-20-8-6-5-7-9-20)10-11-23(22)39-24(18)14-32(4)40(37,38)25-15-31(3)17-28-25/h5-12,15,17-19,24,34H,13-14,16H2,1-4H3,(H2,29,30,36)/t18-,19-,24-/m1/s1. The number of amides is 3. The van der Waals surface area contributed by atoms with Gasteiger partial charge in [-0.25, -0.2) is 18.2 Å². The van der Waals surface area contributed by atoms with Crippen molar-refractivity contribution < 1.29 is 27.9 Å². The molecular weight excluding hydrogens is 536 g/mol. The van der Waals surface area contributed by atoms with Crippen LogP contribution in [0.25, 0.3) is 0 Å². The van der Waals surface area contributed by atoms with Crippen molar-refractivity contribution in [2.45, 2.75) is 31.0 Å². The van der Waals surface area contributed by atoms with Gasteiger partial charge in [0.05, 0.1) is 31.1 Å². The highest BCUT2D eigenvalue weighted by Crippen LogP contribution is 2.31. The van der Waals surface area contributed by atoms with E-state index in [9.17, 15) is 23.1 Å². The normalized spacial score (nSPS) is 18.4. The molecule has 2 heterocycles. The first-order chi connectivity index (χ1) is 19.0. The minimum Gasteiger partial charge on any atom is -0.488 e. The third-order valence-electron chi connectivity index (χ3n) is 6.75. The summed E-state index contributed by atoms with van der Waals surface area (Å²) in [5, 5.41) is 15.2. The zero-order valence-electron chi connectivity index (χ0n) is 22.8. The number of rotatable bonds is 8. The Bertz CT molecular complexity index is 1460. The number of sulfonamides is 1. The van der Waals surface area contributed by atoms with E-state index in [1.807, 2.05) is 13.0 Å². The number of fused-ring (bicyclic) bond motifs is 1. The lowest BCUT2D eigenvalue weighted by atomic mass is 9.99. The van der Waals surface area contributed by atoms with Crippen molar-refractivity contribution in [2.75, 3.05) is 37.4 Å². The molecule has 0 saturated heterocycles. The number of aryl methyl sites for hydroxylation is 1. The van der Waals surface area contributed by atoms with Crippen LogP contribution in [-0.2, 0) is 17.1 Å². The number of urea groups is 1. The van der Waals surface area contributed by atoms with E-state index < -0.39 is 28.2 Å². The second kappa shape index (κ2) is 12.1. The highest BCUT2D eigenvalue weighted by atomic mass is 32.2. The first kappa shape index (κ1) is 29.1. The summed E-state index contributed by atoms with van der Waals surface area (Å²) in [6, 6.07) is 12.6. The van der Waals surface area contributed by atoms with Gasteiger partial charge < -0.3 is 29.9 Å². The molecule has 3 N–H and O–H groups in total. The van der Waals surface area contributed by atoms with E-state index in [4.69, 9.17) is 4.74 Å². The molecule has 0 aliphatic carbocycles. The molecule has 12 nitrogen and oxygen atoms in total. The van der Waals surface area contributed by atoms with Gasteiger partial charge in [0.15, 0.2) is 5.03 Å². The van der Waals surface area contributed by atoms with E-state index in [-0.39, 0.29) is 47.9 Å². The average molecular weight is 571 g/mol. The summed E-state index contributed by atoms with van der Waals surface area (Å²) in [6.07, 6.45) is 2.20. The molecule has 3 aromatic rings. The molecule has 1 aromatic heterocycles. The van der Waals surface area contributed by atoms with E-state index >= 15 is 0 Å². The van der Waals surface area contributed by atoms with Gasteiger partial charge in [-0.2, -0.15) is 4.31 Å². The fourth-order valence-corrected chi connectivity index (χ4v) is 5.51. The molecule has 0 bridgehead atoms. The van der Waals surface area contributed by atoms with Crippen LogP contribution in [0.5, 0.6) is 5.75 Å². The van der Waals surface area contributed by atoms with Crippen LogP contribution in [0.1, 0.15) is 24.2 Å². The number of anilines is 2. The van der Waals surface area contributed by atoms with Crippen LogP contribution < -0.4 is 15.4 Å². The maximum Gasteiger partial charge on any atom is 0.323 e. The number of ether oxygens (including phenoxy) is 1. The number of hydrogen-bond donors (Lipinski definition) is 3. The third kappa shape index (κ3) is 6.43. The number of likely N-dealkylation sites (N-methyl/N-ethyl adjacent to an activating group) is 1. The van der Waals surface area contributed by atoms with Crippen molar-refractivity contribution in [1.82, 2.24) is 18.8 Å². The van der Waals surface area contributed by atoms with Gasteiger partial charge in [0.2, 0.25) is 0 Å². The predicted molar refractivity (Wildman–Crippen MR) is 150 cm³/mol. The first-order valence-corrected chi connectivity index (χ1v) is 14.2. The van der Waals surface area contributed by atoms with E-state index in [2.05, 4.69) is 15.6 Å². The molecule has 214 valence electrons. The molecule has 13 heteroatoms. The summed E-state index contributed by atoms with van der Waals surface area (Å²) in [7, 11) is -0.743. The van der Waals surface area contributed by atoms with Crippen LogP contribution in [0.15, 0.2) is 66.1 Å². The maximum absolute atomic E-state index is 13.6. The fourth-order valence-electron chi connectivity index (χ4n) is 4.37. The molecule has 0 saturated carbocycles. The molecule has 4 rings (SSSR count). The number of benzene rings is 2. The summed E-state index contributed by atoms with van der Waals surface area (Å²) >= 11 is 0. The topological polar surface area (TPSA) is 146 Å². The van der Waals surface area contributed by atoms with Gasteiger partial charge in [-0.3, -0.25) is 4.79 Å². The van der Waals surface area contributed by atoms with Crippen LogP contribution in [0.4, 0.5) is 16.2 Å². The molecule has 3 atom stereocenters. The second-order valence-corrected chi connectivity index (χ2v) is 11.9. The molecule has 40 heavy (non-hydrogen) atoms. The highest BCUT2D eigenvalue weighted by Gasteiger charge is 2.35. The van der Waals surface area contributed by atoms with Crippen LogP contribution in [0, 0.1) is 5.92 Å². The van der Waals surface area contributed by atoms with Gasteiger partial charge in [0.25, 0.3) is 15.9 Å². The summed E-state index contributed by atoms with van der Waals surface area (Å²) in [5.41, 5.74) is 1.15. The number of aromatic nitrogens is 2. The molecule has 3 amide bonds. The molecule has 0 fully saturated rings. The number of carbonyl (C=O) groups excluding carboxylic acids is 2. The van der Waals surface area contributed by atoms with Crippen molar-refractivity contribution in [3.63, 3.8) is 0 Å². The van der Waals surface area contributed by atoms with Crippen LogP contribution in [-0.4, -0.2) is 83.1 Å². The Balaban J connectivity index is 1.61. The smallest absolute Gasteiger partial charge is 0.323 e. The summed E-state index contributed by atoms with van der Waals surface area (Å²) in [4.78, 5) is 31.7. The fraction of sp³-hybridized carbons (Fsp3) is 0.370. The van der Waals surface area contributed by atoms with E-state index in [0.29, 0.717) is 11.4 Å². The van der Waals surface area contributed by atoms with Gasteiger partial charge >= 0.3 is 6.03 Å². The molecular formula is C27H34N6O6S. The lowest BCUT2D eigenvalue weighted by Crippen LogP contribution is -2.50. The van der Waals surface area contributed by atoms with Crippen molar-refractivity contribution in [3.8, 4) is 5.75 Å². The minimum absolute atomic E-state index is 0.00542. The van der Waals surface area contributed by atoms with Crippen molar-refractivity contribution >= 4 is 33.3 Å². The Hall–Kier alpha value is -3.94. The Morgan fingerprint density at radius 1 is 1.20 bits per heavy atom. The number of nitrogens with zero attached hydrogens (tertiary/aromatic N) is 4. The summed E-state index contributed by atoms with van der Waals surface area (Å²) in [6.45, 7) is 3.55. The summed E-state index contributed by atoms with van der Waals surface area (Å²) < 4.78 is 35.3. The predicted octanol–water partition coefficient (Wildman–Crippen LogP) is 2.60. The number of nitrogens with one attached hydrogen (secondary N) is 2. The monoisotopic (exact) mass is 570 g/mol. The van der Waals surface area contributed by atoms with Crippen LogP contribution in [0.3, 0.4) is 0 Å². The van der Waals surface area contributed by atoms with Crippen molar-refractivity contribution in [2.24, 2.45) is 13.0 Å². The lowest BCUT2D eigenvalue weighted by molar-refractivity contribution is 0.0387. The van der Waals surface area contributed by atoms with E-state index in [1.54, 1.807) is 59.8 Å². The zero-order valence-corrected chi connectivity index (χ0v) is 23.6. The van der Waals surface area contributed by atoms with Gasteiger partial charge in [0, 0.05) is 44.1 Å². The lowest BCUT2D eigenvalue weighted by Gasteiger charge is -2.38. The quantitative estimate of drug-likeness (QED) is 0.377. The molecule has 0 unspecified atom stereocenters. The number of hydrogen-bond acceptors (Lipinski definition) is 7. The largest absolute Gasteiger partial charge is 0.488 e. The van der Waals surface area contributed by atoms with Crippen LogP contribution in [0.2, 0.25) is 0 Å². The number of carbonyl (C=O) groups is 2. The molecule has 1 aliphatic heterocycles. The third-order valence-corrected chi connectivity index (χ3v) is 8.46. The second-order valence-electron chi connectivity index (χ2n) is 9.94. The number of aliphatic hydroxyl groups excluding tert-OH is 1. The Kier molecular flexibility index (Phi) is 8.76. The number of aliphatic hydroxyl groups is 1. The van der Waals surface area contributed by atoms with Crippen molar-refractivity contribution in [3.05, 3.63) is 66.6 Å². The van der Waals surface area contributed by atoms with Crippen molar-refractivity contribution in [1.29, 1.82) is 0 Å². The average Bonchev–Trinajstić information content (AvgIpc) is 3.38. The Morgan fingerprint density at radius 3 is 2.55 bits per heavy atom. The minimum atomic E-state index is -3.88. The van der Waals surface area contributed by atoms with Gasteiger partial charge in [0.1, 0.15) is 11.9 Å². The number of imidazole rings is 1. The molecule has 1 aliphatic rings. The summed E-state index contributed by atoms with van der Waals surface area (Å²) in [5.74, 6) is -0.417. The Morgan fingerprint density at radius 2 is 1.90 bits per heavy atom. The highest BCUT2D eigenvalue weighted by molar-refractivity contribution is 7.89. The van der Waals surface area contributed by atoms with Crippen LogP contribution >= 0.6 is 0 Å². The molecule has 0 radical (unpaired) electrons. The number of para-hydroxylation sites is 1. The molecule has 0 spiro atoms. The van der Waals surface area contributed by atoms with Gasteiger partial charge in [-0.05, 0) is 37.3 Å². The van der Waals surface area contributed by atoms with E-state index in [0.717, 1.165) is 0 Å². The first-order valence-electron chi connectivity index (χ1n) is 12.8. The van der Waals surface area contributed by atoms with E-state index in [1.165, 1.54) is 29.9 Å². The molecule has 2 aromatic carbocycles. The van der Waals surface area contributed by atoms with Gasteiger partial charge in [-0.15, -0.1) is 0 Å². The zero-order chi connectivity index (χ0) is 29.0. The SMILES string of the molecule is C[C@@H]1CN([C@H](C)CO)C(=O)c2cc(NC(=O)Nc3ccccc3)ccc2O[C@@H]1CN(C)S(=O)(=O)c1cn(C)cn1. The van der Waals surface area contributed by atoms with Gasteiger partial charge in [-0.1, -0.05) is 25.1 Å². The maximum atomic E-state index is 13.6.